The van der Waals surface area contributed by atoms with E-state index in [-0.39, 0.29) is 6.03 Å². The van der Waals surface area contributed by atoms with Crippen LogP contribution in [0.2, 0.25) is 0 Å². The second kappa shape index (κ2) is 6.26. The summed E-state index contributed by atoms with van der Waals surface area (Å²) in [6.07, 6.45) is -3.83. The Morgan fingerprint density at radius 2 is 1.93 bits per heavy atom. The molecule has 5 rings (SSSR count). The number of hydrogen-bond donors (Lipinski definition) is 3. The van der Waals surface area contributed by atoms with Gasteiger partial charge in [-0.1, -0.05) is 18.2 Å². The van der Waals surface area contributed by atoms with Crippen molar-refractivity contribution in [1.29, 1.82) is 0 Å². The van der Waals surface area contributed by atoms with Crippen LogP contribution in [0.25, 0.3) is 21.8 Å². The third kappa shape index (κ3) is 2.98. The van der Waals surface area contributed by atoms with Crippen LogP contribution < -0.4 is 5.32 Å². The molecule has 2 aromatic heterocycles. The van der Waals surface area contributed by atoms with E-state index in [4.69, 9.17) is 0 Å². The van der Waals surface area contributed by atoms with Gasteiger partial charge in [-0.3, -0.25) is 10.4 Å². The summed E-state index contributed by atoms with van der Waals surface area (Å²) in [5, 5.41) is 11.4. The van der Waals surface area contributed by atoms with E-state index >= 15 is 0 Å². The fourth-order valence-corrected chi connectivity index (χ4v) is 3.84. The van der Waals surface area contributed by atoms with Gasteiger partial charge in [0, 0.05) is 28.5 Å². The first-order chi connectivity index (χ1) is 13.9. The lowest BCUT2D eigenvalue weighted by molar-refractivity contribution is -0.137. The molecular formula is C20H16F3N5O. The number of carbonyl (C=O) groups excluding carboxylic acids is 1. The first-order valence-electron chi connectivity index (χ1n) is 9.10. The smallest absolute Gasteiger partial charge is 0.357 e. The third-order valence-electron chi connectivity index (χ3n) is 5.29. The van der Waals surface area contributed by atoms with Crippen molar-refractivity contribution < 1.29 is 18.0 Å². The minimum Gasteiger partial charge on any atom is -0.357 e. The molecule has 0 spiro atoms. The first kappa shape index (κ1) is 17.6. The van der Waals surface area contributed by atoms with Gasteiger partial charge in [0.25, 0.3) is 0 Å². The number of anilines is 1. The van der Waals surface area contributed by atoms with Gasteiger partial charge in [0.05, 0.1) is 17.6 Å². The number of nitrogens with zero attached hydrogens (tertiary/aromatic N) is 2. The number of hydrogen-bond acceptors (Lipinski definition) is 2. The Morgan fingerprint density at radius 1 is 1.10 bits per heavy atom. The van der Waals surface area contributed by atoms with Crippen molar-refractivity contribution in [1.82, 2.24) is 20.1 Å². The maximum absolute atomic E-state index is 13.0. The highest BCUT2D eigenvalue weighted by molar-refractivity contribution is 5.99. The number of aromatic nitrogens is 3. The highest BCUT2D eigenvalue weighted by Gasteiger charge is 2.31. The summed E-state index contributed by atoms with van der Waals surface area (Å²) < 4.78 is 38.9. The predicted molar refractivity (Wildman–Crippen MR) is 103 cm³/mol. The lowest BCUT2D eigenvalue weighted by atomic mass is 10.0. The Bertz CT molecular complexity index is 1240. The number of H-pyrrole nitrogens is 2. The second-order valence-electron chi connectivity index (χ2n) is 7.06. The molecule has 2 aromatic carbocycles. The Kier molecular flexibility index (Phi) is 3.80. The lowest BCUT2D eigenvalue weighted by Gasteiger charge is -2.27. The summed E-state index contributed by atoms with van der Waals surface area (Å²) in [7, 11) is 0. The molecule has 0 unspecified atom stereocenters. The summed E-state index contributed by atoms with van der Waals surface area (Å²) in [5.74, 6) is 0.447. The molecule has 6 nitrogen and oxygen atoms in total. The molecule has 29 heavy (non-hydrogen) atoms. The van der Waals surface area contributed by atoms with Gasteiger partial charge in [-0.05, 0) is 36.2 Å². The first-order valence-corrected chi connectivity index (χ1v) is 9.10. The number of carbonyl (C=O) groups is 1. The normalized spacial score (nSPS) is 14.4. The molecule has 0 radical (unpaired) electrons. The van der Waals surface area contributed by atoms with E-state index in [1.165, 1.54) is 6.07 Å². The summed E-state index contributed by atoms with van der Waals surface area (Å²) in [5.41, 5.74) is 2.28. The number of alkyl halides is 3. The lowest BCUT2D eigenvalue weighted by Crippen LogP contribution is -2.38. The van der Waals surface area contributed by atoms with Crippen molar-refractivity contribution in [3.8, 4) is 0 Å². The van der Waals surface area contributed by atoms with Crippen LogP contribution in [-0.2, 0) is 19.1 Å². The Morgan fingerprint density at radius 3 is 2.76 bits per heavy atom. The molecule has 3 N–H and O–H groups in total. The van der Waals surface area contributed by atoms with Crippen LogP contribution in [0.1, 0.15) is 16.8 Å². The summed E-state index contributed by atoms with van der Waals surface area (Å²) >= 11 is 0. The molecule has 1 aliphatic heterocycles. The van der Waals surface area contributed by atoms with E-state index in [2.05, 4.69) is 20.5 Å². The van der Waals surface area contributed by atoms with Crippen LogP contribution in [0.15, 0.2) is 42.5 Å². The Labute approximate surface area is 162 Å². The number of urea groups is 1. The van der Waals surface area contributed by atoms with E-state index < -0.39 is 11.7 Å². The van der Waals surface area contributed by atoms with Gasteiger partial charge in [-0.2, -0.15) is 18.3 Å². The van der Waals surface area contributed by atoms with Gasteiger partial charge in [0.1, 0.15) is 0 Å². The molecule has 0 saturated heterocycles. The number of fused-ring (bicyclic) bond motifs is 4. The van der Waals surface area contributed by atoms with Crippen molar-refractivity contribution in [3.63, 3.8) is 0 Å². The fraction of sp³-hybridized carbons (Fsp3) is 0.200. The molecule has 0 atom stereocenters. The van der Waals surface area contributed by atoms with Gasteiger partial charge in [-0.25, -0.2) is 4.79 Å². The number of aromatic amines is 2. The van der Waals surface area contributed by atoms with Crippen LogP contribution in [0.3, 0.4) is 0 Å². The largest absolute Gasteiger partial charge is 0.416 e. The van der Waals surface area contributed by atoms with Gasteiger partial charge in [0.2, 0.25) is 0 Å². The summed E-state index contributed by atoms with van der Waals surface area (Å²) in [6.45, 7) is 0.759. The number of rotatable bonds is 1. The molecule has 0 fully saturated rings. The van der Waals surface area contributed by atoms with E-state index in [9.17, 15) is 18.0 Å². The van der Waals surface area contributed by atoms with Gasteiger partial charge in [0.15, 0.2) is 5.82 Å². The zero-order chi connectivity index (χ0) is 20.2. The standard InChI is InChI=1S/C20H16F3N5O/c21-20(22,23)11-5-6-12-13-7-8-28(10-17(13)24-16(12)9-11)19(29)25-18-14-3-1-2-4-15(14)26-27-18/h1-6,9,24H,7-8,10H2,(H2,25,26,27,29). The van der Waals surface area contributed by atoms with Crippen molar-refractivity contribution in [2.24, 2.45) is 0 Å². The van der Waals surface area contributed by atoms with Crippen molar-refractivity contribution >= 4 is 33.7 Å². The van der Waals surface area contributed by atoms with Gasteiger partial charge >= 0.3 is 12.2 Å². The molecule has 0 saturated carbocycles. The molecular weight excluding hydrogens is 383 g/mol. The molecule has 3 heterocycles. The molecule has 0 aliphatic carbocycles. The predicted octanol–water partition coefficient (Wildman–Crippen LogP) is 4.65. The van der Waals surface area contributed by atoms with Gasteiger partial charge < -0.3 is 9.88 Å². The Balaban J connectivity index is 1.39. The van der Waals surface area contributed by atoms with Crippen molar-refractivity contribution in [2.75, 3.05) is 11.9 Å². The van der Waals surface area contributed by atoms with Crippen molar-refractivity contribution in [2.45, 2.75) is 19.1 Å². The fourth-order valence-electron chi connectivity index (χ4n) is 3.84. The van der Waals surface area contributed by atoms with Gasteiger partial charge in [-0.15, -0.1) is 0 Å². The number of amides is 2. The SMILES string of the molecule is O=C(Nc1n[nH]c2ccccc12)N1CCc2c([nH]c3cc(C(F)(F)F)ccc23)C1. The monoisotopic (exact) mass is 399 g/mol. The average Bonchev–Trinajstić information content (AvgIpc) is 3.27. The van der Waals surface area contributed by atoms with Crippen LogP contribution in [0, 0.1) is 0 Å². The molecule has 0 bridgehead atoms. The van der Waals surface area contributed by atoms with Crippen LogP contribution in [0.4, 0.5) is 23.8 Å². The molecule has 9 heteroatoms. The van der Waals surface area contributed by atoms with E-state index in [1.807, 2.05) is 24.3 Å². The minimum atomic E-state index is -4.39. The second-order valence-corrected chi connectivity index (χ2v) is 7.06. The van der Waals surface area contributed by atoms with E-state index in [1.54, 1.807) is 4.90 Å². The summed E-state index contributed by atoms with van der Waals surface area (Å²) in [4.78, 5) is 17.4. The molecule has 148 valence electrons. The Hall–Kier alpha value is -3.49. The number of nitrogens with one attached hydrogen (secondary N) is 3. The van der Waals surface area contributed by atoms with Crippen LogP contribution >= 0.6 is 0 Å². The van der Waals surface area contributed by atoms with E-state index in [0.717, 1.165) is 39.7 Å². The molecule has 1 aliphatic rings. The zero-order valence-corrected chi connectivity index (χ0v) is 15.1. The average molecular weight is 399 g/mol. The highest BCUT2D eigenvalue weighted by atomic mass is 19.4. The maximum atomic E-state index is 13.0. The topological polar surface area (TPSA) is 76.8 Å². The summed E-state index contributed by atoms with van der Waals surface area (Å²) in [6, 6.07) is 10.9. The minimum absolute atomic E-state index is 0.291. The third-order valence-corrected chi connectivity index (χ3v) is 5.29. The quantitative estimate of drug-likeness (QED) is 0.436. The molecule has 2 amide bonds. The van der Waals surface area contributed by atoms with E-state index in [0.29, 0.717) is 30.8 Å². The van der Waals surface area contributed by atoms with Crippen molar-refractivity contribution in [3.05, 3.63) is 59.3 Å². The highest BCUT2D eigenvalue weighted by Crippen LogP contribution is 2.34. The number of para-hydroxylation sites is 1. The van der Waals surface area contributed by atoms with Crippen LogP contribution in [0.5, 0.6) is 0 Å². The number of benzene rings is 2. The zero-order valence-electron chi connectivity index (χ0n) is 15.1. The maximum Gasteiger partial charge on any atom is 0.416 e. The van der Waals surface area contributed by atoms with Crippen LogP contribution in [-0.4, -0.2) is 32.7 Å². The number of halogens is 3. The molecule has 4 aromatic rings.